The Balaban J connectivity index is 1.78. The molecule has 25 heavy (non-hydrogen) atoms. The van der Waals surface area contributed by atoms with Crippen LogP contribution in [0.25, 0.3) is 0 Å². The molecule has 0 bridgehead atoms. The molecule has 1 heterocycles. The van der Waals surface area contributed by atoms with E-state index in [9.17, 15) is 4.79 Å². The van der Waals surface area contributed by atoms with Gasteiger partial charge in [0.1, 0.15) is 5.76 Å². The zero-order chi connectivity index (χ0) is 18.2. The Labute approximate surface area is 150 Å². The molecule has 0 unspecified atom stereocenters. The van der Waals surface area contributed by atoms with E-state index in [1.54, 1.807) is 0 Å². The minimum Gasteiger partial charge on any atom is -0.361 e. The number of nitrogens with one attached hydrogen (secondary N) is 1. The predicted molar refractivity (Wildman–Crippen MR) is 99.2 cm³/mol. The summed E-state index contributed by atoms with van der Waals surface area (Å²) in [5.74, 6) is 0.848. The van der Waals surface area contributed by atoms with Crippen molar-refractivity contribution in [3.05, 3.63) is 52.4 Å². The van der Waals surface area contributed by atoms with Crippen molar-refractivity contribution < 1.29 is 9.32 Å². The Kier molecular flexibility index (Phi) is 7.19. The van der Waals surface area contributed by atoms with E-state index in [2.05, 4.69) is 53.5 Å². The Bertz CT molecular complexity index is 653. The molecular weight excluding hydrogens is 314 g/mol. The monoisotopic (exact) mass is 343 g/mol. The number of benzene rings is 1. The molecule has 2 rings (SSSR count). The summed E-state index contributed by atoms with van der Waals surface area (Å²) >= 11 is 0. The maximum Gasteiger partial charge on any atom is 0.220 e. The Morgan fingerprint density at radius 1 is 1.12 bits per heavy atom. The summed E-state index contributed by atoms with van der Waals surface area (Å²) < 4.78 is 5.13. The van der Waals surface area contributed by atoms with Crippen LogP contribution < -0.4 is 5.32 Å². The summed E-state index contributed by atoms with van der Waals surface area (Å²) in [5.41, 5.74) is 4.33. The molecule has 5 heteroatoms. The highest BCUT2D eigenvalue weighted by atomic mass is 16.5. The second-order valence-electron chi connectivity index (χ2n) is 6.36. The van der Waals surface area contributed by atoms with Crippen LogP contribution in [0.3, 0.4) is 0 Å². The molecule has 1 aromatic heterocycles. The van der Waals surface area contributed by atoms with Gasteiger partial charge in [0.15, 0.2) is 0 Å². The highest BCUT2D eigenvalue weighted by molar-refractivity contribution is 5.76. The smallest absolute Gasteiger partial charge is 0.220 e. The van der Waals surface area contributed by atoms with Crippen molar-refractivity contribution in [3.63, 3.8) is 0 Å². The second-order valence-corrected chi connectivity index (χ2v) is 6.36. The van der Waals surface area contributed by atoms with Gasteiger partial charge >= 0.3 is 0 Å². The van der Waals surface area contributed by atoms with Crippen LogP contribution in [0.5, 0.6) is 0 Å². The van der Waals surface area contributed by atoms with Crippen molar-refractivity contribution in [2.24, 2.45) is 0 Å². The van der Waals surface area contributed by atoms with E-state index < -0.39 is 0 Å². The summed E-state index contributed by atoms with van der Waals surface area (Å²) in [6.45, 7) is 11.8. The van der Waals surface area contributed by atoms with Gasteiger partial charge in [-0.2, -0.15) is 0 Å². The first kappa shape index (κ1) is 19.2. The maximum atomic E-state index is 12.1. The fourth-order valence-electron chi connectivity index (χ4n) is 2.85. The second kappa shape index (κ2) is 9.37. The van der Waals surface area contributed by atoms with Crippen LogP contribution in [0.1, 0.15) is 48.4 Å². The van der Waals surface area contributed by atoms with E-state index in [4.69, 9.17) is 4.52 Å². The van der Waals surface area contributed by atoms with E-state index >= 15 is 0 Å². The molecule has 0 atom stereocenters. The van der Waals surface area contributed by atoms with Gasteiger partial charge in [0.25, 0.3) is 0 Å². The minimum atomic E-state index is 0.0483. The van der Waals surface area contributed by atoms with Crippen LogP contribution in [0.2, 0.25) is 0 Å². The molecule has 0 aliphatic rings. The van der Waals surface area contributed by atoms with E-state index in [-0.39, 0.29) is 5.91 Å². The zero-order valence-corrected chi connectivity index (χ0v) is 15.8. The fraction of sp³-hybridized carbons (Fsp3) is 0.500. The molecule has 1 N–H and O–H groups in total. The summed E-state index contributed by atoms with van der Waals surface area (Å²) in [7, 11) is 0. The van der Waals surface area contributed by atoms with E-state index in [0.717, 1.165) is 42.2 Å². The normalized spacial score (nSPS) is 11.1. The number of rotatable bonds is 9. The van der Waals surface area contributed by atoms with Gasteiger partial charge in [0, 0.05) is 25.1 Å². The number of carbonyl (C=O) groups is 1. The molecule has 5 nitrogen and oxygen atoms in total. The minimum absolute atomic E-state index is 0.0483. The van der Waals surface area contributed by atoms with Gasteiger partial charge in [-0.15, -0.1) is 0 Å². The summed E-state index contributed by atoms with van der Waals surface area (Å²) in [5, 5.41) is 6.90. The predicted octanol–water partition coefficient (Wildman–Crippen LogP) is 3.38. The van der Waals surface area contributed by atoms with Crippen LogP contribution in [0, 0.1) is 13.8 Å². The van der Waals surface area contributed by atoms with Crippen LogP contribution in [0.15, 0.2) is 28.8 Å². The van der Waals surface area contributed by atoms with Gasteiger partial charge in [-0.25, -0.2) is 0 Å². The number of aromatic nitrogens is 1. The van der Waals surface area contributed by atoms with Crippen molar-refractivity contribution in [2.75, 3.05) is 13.1 Å². The molecule has 0 aliphatic heterocycles. The molecule has 0 fully saturated rings. The van der Waals surface area contributed by atoms with Gasteiger partial charge in [0.05, 0.1) is 5.69 Å². The molecule has 1 amide bonds. The molecule has 0 spiro atoms. The van der Waals surface area contributed by atoms with Gasteiger partial charge in [-0.05, 0) is 44.5 Å². The molecule has 0 saturated heterocycles. The highest BCUT2D eigenvalue weighted by Gasteiger charge is 2.11. The third-order valence-electron chi connectivity index (χ3n) is 4.60. The molecule has 0 aliphatic carbocycles. The molecule has 0 radical (unpaired) electrons. The molecule has 136 valence electrons. The lowest BCUT2D eigenvalue weighted by Gasteiger charge is -2.18. The van der Waals surface area contributed by atoms with Crippen molar-refractivity contribution in [1.82, 2.24) is 15.4 Å². The average Bonchev–Trinajstić information content (AvgIpc) is 2.95. The van der Waals surface area contributed by atoms with Gasteiger partial charge in [-0.3, -0.25) is 9.69 Å². The van der Waals surface area contributed by atoms with E-state index in [1.807, 2.05) is 13.8 Å². The quantitative estimate of drug-likeness (QED) is 0.758. The van der Waals surface area contributed by atoms with Crippen molar-refractivity contribution in [3.8, 4) is 0 Å². The maximum absolute atomic E-state index is 12.1. The first-order valence-electron chi connectivity index (χ1n) is 9.02. The number of amides is 1. The standard InChI is InChI=1S/C20H29N3O2/c1-5-23(6-2)14-18-9-7-17(8-10-18)13-21-20(24)12-11-19-15(3)22-25-16(19)4/h7-10H,5-6,11-14H2,1-4H3,(H,21,24). The number of carbonyl (C=O) groups excluding carboxylic acids is 1. The Morgan fingerprint density at radius 2 is 1.76 bits per heavy atom. The fourth-order valence-corrected chi connectivity index (χ4v) is 2.85. The van der Waals surface area contributed by atoms with Crippen molar-refractivity contribution >= 4 is 5.91 Å². The summed E-state index contributed by atoms with van der Waals surface area (Å²) in [4.78, 5) is 14.4. The summed E-state index contributed by atoms with van der Waals surface area (Å²) in [6, 6.07) is 8.47. The number of nitrogens with zero attached hydrogens (tertiary/aromatic N) is 2. The third-order valence-corrected chi connectivity index (χ3v) is 4.60. The topological polar surface area (TPSA) is 58.4 Å². The molecule has 0 saturated carbocycles. The molecule has 1 aromatic carbocycles. The lowest BCUT2D eigenvalue weighted by atomic mass is 10.1. The highest BCUT2D eigenvalue weighted by Crippen LogP contribution is 2.14. The largest absolute Gasteiger partial charge is 0.361 e. The summed E-state index contributed by atoms with van der Waals surface area (Å²) in [6.07, 6.45) is 1.11. The number of hydrogen-bond acceptors (Lipinski definition) is 4. The van der Waals surface area contributed by atoms with Crippen molar-refractivity contribution in [2.45, 2.75) is 53.6 Å². The first-order valence-corrected chi connectivity index (χ1v) is 9.02. The lowest BCUT2D eigenvalue weighted by molar-refractivity contribution is -0.121. The first-order chi connectivity index (χ1) is 12.0. The number of hydrogen-bond donors (Lipinski definition) is 1. The van der Waals surface area contributed by atoms with Crippen LogP contribution in [0.4, 0.5) is 0 Å². The SMILES string of the molecule is CCN(CC)Cc1ccc(CNC(=O)CCc2c(C)noc2C)cc1. The Hall–Kier alpha value is -2.14. The molecule has 2 aromatic rings. The van der Waals surface area contributed by atoms with Gasteiger partial charge in [-0.1, -0.05) is 43.3 Å². The van der Waals surface area contributed by atoms with E-state index in [1.165, 1.54) is 5.56 Å². The average molecular weight is 343 g/mol. The van der Waals surface area contributed by atoms with Crippen LogP contribution in [-0.4, -0.2) is 29.1 Å². The van der Waals surface area contributed by atoms with Crippen LogP contribution in [-0.2, 0) is 24.3 Å². The zero-order valence-electron chi connectivity index (χ0n) is 15.8. The van der Waals surface area contributed by atoms with Crippen LogP contribution >= 0.6 is 0 Å². The van der Waals surface area contributed by atoms with Gasteiger partial charge in [0.2, 0.25) is 5.91 Å². The van der Waals surface area contributed by atoms with E-state index in [0.29, 0.717) is 19.4 Å². The lowest BCUT2D eigenvalue weighted by Crippen LogP contribution is -2.23. The Morgan fingerprint density at radius 3 is 2.32 bits per heavy atom. The van der Waals surface area contributed by atoms with Crippen molar-refractivity contribution in [1.29, 1.82) is 0 Å². The van der Waals surface area contributed by atoms with Gasteiger partial charge < -0.3 is 9.84 Å². The third kappa shape index (κ3) is 5.71. The number of aryl methyl sites for hydroxylation is 2. The molecular formula is C20H29N3O2.